The van der Waals surface area contributed by atoms with Gasteiger partial charge in [-0.05, 0) is 50.9 Å². The number of aliphatic hydroxyl groups is 2. The van der Waals surface area contributed by atoms with Gasteiger partial charge in [0.25, 0.3) is 5.56 Å². The molecule has 230 valence electrons. The summed E-state index contributed by atoms with van der Waals surface area (Å²) >= 11 is 0. The van der Waals surface area contributed by atoms with Crippen LogP contribution in [-0.4, -0.2) is 68.5 Å². The molecule has 16 nitrogen and oxygen atoms in total. The van der Waals surface area contributed by atoms with E-state index in [4.69, 9.17) is 24.1 Å². The van der Waals surface area contributed by atoms with E-state index in [9.17, 15) is 33.6 Å². The van der Waals surface area contributed by atoms with Crippen LogP contribution in [-0.2, 0) is 29.9 Å². The van der Waals surface area contributed by atoms with Crippen molar-refractivity contribution in [2.24, 2.45) is 5.11 Å². The summed E-state index contributed by atoms with van der Waals surface area (Å²) in [6.07, 6.45) is -3.26. The average Bonchev–Trinajstić information content (AvgIpc) is 3.12. The van der Waals surface area contributed by atoms with Gasteiger partial charge in [-0.15, -0.1) is 0 Å². The molecule has 3 rings (SSSR count). The quantitative estimate of drug-likeness (QED) is 0.0836. The molecule has 0 amide bonds. The molecular formula is C24H32FN6O10P. The number of halogens is 1. The topological polar surface area (TPSA) is 227 Å². The zero-order valence-electron chi connectivity index (χ0n) is 23.2. The van der Waals surface area contributed by atoms with Gasteiger partial charge < -0.3 is 24.2 Å². The minimum atomic E-state index is -4.60. The number of hydrogen-bond acceptors (Lipinski definition) is 11. The second kappa shape index (κ2) is 13.2. The van der Waals surface area contributed by atoms with E-state index >= 15 is 0 Å². The highest BCUT2D eigenvalue weighted by atomic mass is 31.2. The lowest BCUT2D eigenvalue weighted by molar-refractivity contribution is -0.149. The molecule has 1 aromatic carbocycles. The lowest BCUT2D eigenvalue weighted by Gasteiger charge is -2.32. The minimum Gasteiger partial charge on any atom is -0.462 e. The first-order valence-electron chi connectivity index (χ1n) is 12.6. The molecule has 1 aliphatic heterocycles. The van der Waals surface area contributed by atoms with Gasteiger partial charge in [0.15, 0.2) is 11.8 Å². The molecule has 2 heterocycles. The molecule has 1 fully saturated rings. The number of H-pyrrole nitrogens is 1. The van der Waals surface area contributed by atoms with E-state index in [0.29, 0.717) is 5.56 Å². The summed E-state index contributed by atoms with van der Waals surface area (Å²) in [4.78, 5) is 40.9. The molecule has 42 heavy (non-hydrogen) atoms. The molecule has 0 radical (unpaired) electrons. The first-order valence-corrected chi connectivity index (χ1v) is 14.2. The van der Waals surface area contributed by atoms with Gasteiger partial charge in [-0.2, -0.15) is 5.09 Å². The maximum atomic E-state index is 14.6. The molecule has 1 saturated heterocycles. The minimum absolute atomic E-state index is 0.0215. The SMILES string of the molecule is CC(C)OC(=O)[C@H](C)NP(=O)(OC[C@@]1(CF)O[C@@H](n2ccc(=O)[nH]c2=O)[C@](C)(O)[C@@H]1O)Oc1ccc(CN=[N+]=[N-])cc1. The fourth-order valence-corrected chi connectivity index (χ4v) is 5.64. The van der Waals surface area contributed by atoms with Crippen LogP contribution in [0.2, 0.25) is 0 Å². The van der Waals surface area contributed by atoms with Crippen LogP contribution in [0.5, 0.6) is 5.75 Å². The molecule has 6 atom stereocenters. The zero-order chi connectivity index (χ0) is 31.3. The predicted molar refractivity (Wildman–Crippen MR) is 144 cm³/mol. The lowest BCUT2D eigenvalue weighted by Crippen LogP contribution is -2.53. The summed E-state index contributed by atoms with van der Waals surface area (Å²) in [5.74, 6) is -0.827. The fraction of sp³-hybridized carbons (Fsp3) is 0.542. The monoisotopic (exact) mass is 614 g/mol. The van der Waals surface area contributed by atoms with Crippen LogP contribution in [0.15, 0.2) is 51.2 Å². The van der Waals surface area contributed by atoms with E-state index in [-0.39, 0.29) is 12.3 Å². The molecule has 0 saturated carbocycles. The van der Waals surface area contributed by atoms with Crippen LogP contribution in [0.1, 0.15) is 39.5 Å². The number of ether oxygens (including phenoxy) is 2. The van der Waals surface area contributed by atoms with E-state index in [1.54, 1.807) is 13.8 Å². The lowest BCUT2D eigenvalue weighted by atomic mass is 9.88. The third kappa shape index (κ3) is 7.44. The van der Waals surface area contributed by atoms with Crippen molar-refractivity contribution in [2.45, 2.75) is 69.9 Å². The van der Waals surface area contributed by atoms with Crippen molar-refractivity contribution in [3.05, 3.63) is 73.4 Å². The Bertz CT molecular complexity index is 1480. The highest BCUT2D eigenvalue weighted by Crippen LogP contribution is 2.50. The molecule has 0 aliphatic carbocycles. The number of aliphatic hydroxyl groups excluding tert-OH is 1. The highest BCUT2D eigenvalue weighted by molar-refractivity contribution is 7.52. The Morgan fingerprint density at radius 3 is 2.55 bits per heavy atom. The summed E-state index contributed by atoms with van der Waals surface area (Å²) < 4.78 is 51.1. The number of esters is 1. The molecule has 1 unspecified atom stereocenters. The van der Waals surface area contributed by atoms with Crippen LogP contribution in [0.3, 0.4) is 0 Å². The normalized spacial score (nSPS) is 25.8. The van der Waals surface area contributed by atoms with Crippen molar-refractivity contribution in [1.29, 1.82) is 0 Å². The number of aromatic amines is 1. The molecular weight excluding hydrogens is 582 g/mol. The van der Waals surface area contributed by atoms with E-state index in [2.05, 4.69) is 15.1 Å². The van der Waals surface area contributed by atoms with E-state index in [1.165, 1.54) is 31.2 Å². The molecule has 0 bridgehead atoms. The Balaban J connectivity index is 1.91. The number of rotatable bonds is 13. The summed E-state index contributed by atoms with van der Waals surface area (Å²) in [7, 11) is -4.60. The number of hydrogen-bond donors (Lipinski definition) is 4. The van der Waals surface area contributed by atoms with Gasteiger partial charge in [-0.25, -0.2) is 13.8 Å². The first-order chi connectivity index (χ1) is 19.7. The average molecular weight is 615 g/mol. The number of carbonyl (C=O) groups excluding carboxylic acids is 1. The van der Waals surface area contributed by atoms with Gasteiger partial charge in [0.1, 0.15) is 30.2 Å². The number of carbonyl (C=O) groups is 1. The molecule has 2 aromatic rings. The second-order valence-electron chi connectivity index (χ2n) is 10.0. The third-order valence-electron chi connectivity index (χ3n) is 6.23. The molecule has 4 N–H and O–H groups in total. The fourth-order valence-electron chi connectivity index (χ4n) is 4.10. The molecule has 1 aliphatic rings. The molecule has 1 aromatic heterocycles. The van der Waals surface area contributed by atoms with Crippen LogP contribution in [0.4, 0.5) is 4.39 Å². The molecule has 0 spiro atoms. The van der Waals surface area contributed by atoms with Crippen molar-refractivity contribution in [3.8, 4) is 5.75 Å². The number of nitrogens with one attached hydrogen (secondary N) is 2. The largest absolute Gasteiger partial charge is 0.462 e. The highest BCUT2D eigenvalue weighted by Gasteiger charge is 2.63. The number of nitrogens with zero attached hydrogens (tertiary/aromatic N) is 4. The summed E-state index contributed by atoms with van der Waals surface area (Å²) in [6, 6.07) is 5.50. The smallest absolute Gasteiger partial charge is 0.459 e. The number of azide groups is 1. The predicted octanol–water partition coefficient (Wildman–Crippen LogP) is 1.83. The van der Waals surface area contributed by atoms with E-state index < -0.39 is 73.9 Å². The second-order valence-corrected chi connectivity index (χ2v) is 11.7. The first kappa shape index (κ1) is 32.9. The Labute approximate surface area is 238 Å². The van der Waals surface area contributed by atoms with Gasteiger partial charge >= 0.3 is 19.4 Å². The summed E-state index contributed by atoms with van der Waals surface area (Å²) in [6.45, 7) is 3.16. The van der Waals surface area contributed by atoms with Crippen LogP contribution >= 0.6 is 7.75 Å². The Hall–Kier alpha value is -3.56. The maximum absolute atomic E-state index is 14.6. The van der Waals surface area contributed by atoms with Crippen molar-refractivity contribution >= 4 is 13.7 Å². The van der Waals surface area contributed by atoms with Crippen molar-refractivity contribution in [2.75, 3.05) is 13.3 Å². The maximum Gasteiger partial charge on any atom is 0.459 e. The zero-order valence-corrected chi connectivity index (χ0v) is 24.1. The summed E-state index contributed by atoms with van der Waals surface area (Å²) in [5, 5.41) is 27.8. The van der Waals surface area contributed by atoms with E-state index in [0.717, 1.165) is 23.8 Å². The van der Waals surface area contributed by atoms with Crippen molar-refractivity contribution < 1.29 is 42.5 Å². The van der Waals surface area contributed by atoms with Gasteiger partial charge in [0.2, 0.25) is 0 Å². The van der Waals surface area contributed by atoms with Gasteiger partial charge in [0, 0.05) is 17.2 Å². The van der Waals surface area contributed by atoms with Gasteiger partial charge in [-0.1, -0.05) is 17.2 Å². The van der Waals surface area contributed by atoms with E-state index in [1.807, 2.05) is 4.98 Å². The molecule has 18 heteroatoms. The Morgan fingerprint density at radius 2 is 1.98 bits per heavy atom. The number of benzene rings is 1. The number of aromatic nitrogens is 2. The van der Waals surface area contributed by atoms with Crippen LogP contribution < -0.4 is 20.9 Å². The summed E-state index contributed by atoms with van der Waals surface area (Å²) in [5.41, 5.74) is 2.67. The van der Waals surface area contributed by atoms with Gasteiger partial charge in [-0.3, -0.25) is 23.7 Å². The third-order valence-corrected chi connectivity index (χ3v) is 7.85. The van der Waals surface area contributed by atoms with Crippen molar-refractivity contribution in [1.82, 2.24) is 14.6 Å². The van der Waals surface area contributed by atoms with Crippen molar-refractivity contribution in [3.63, 3.8) is 0 Å². The van der Waals surface area contributed by atoms with Gasteiger partial charge in [0.05, 0.1) is 19.3 Å². The van der Waals surface area contributed by atoms with Crippen LogP contribution in [0.25, 0.3) is 10.4 Å². The number of alkyl halides is 1. The Kier molecular flexibility index (Phi) is 10.3. The standard InChI is InChI=1S/C24H32FN6O10P/c1-14(2)39-19(33)15(3)29-42(37,41-17-7-5-16(6-8-17)11-27-30-26)38-13-24(12-25)20(34)23(4,36)21(40-24)31-10-9-18(32)28-22(31)35/h5-10,14-15,20-21,34,36H,11-13H2,1-4H3,(H,29,37)(H,28,32,35)/t15-,20-,21+,23+,24+,42?/m0/s1. The van der Waals surface area contributed by atoms with Crippen LogP contribution in [0, 0.1) is 0 Å². The Morgan fingerprint density at radius 1 is 1.31 bits per heavy atom.